The second-order valence-corrected chi connectivity index (χ2v) is 6.28. The summed E-state index contributed by atoms with van der Waals surface area (Å²) in [5.74, 6) is 1.82. The van der Waals surface area contributed by atoms with E-state index in [4.69, 9.17) is 13.9 Å². The highest BCUT2D eigenvalue weighted by Gasteiger charge is 2.40. The van der Waals surface area contributed by atoms with Gasteiger partial charge in [-0.25, -0.2) is 4.79 Å². The average molecular weight is 353 g/mol. The topological polar surface area (TPSA) is 93.0 Å². The van der Waals surface area contributed by atoms with Crippen LogP contribution < -0.4 is 20.1 Å². The third kappa shape index (κ3) is 2.30. The lowest BCUT2D eigenvalue weighted by molar-refractivity contribution is -0.126. The lowest BCUT2D eigenvalue weighted by Crippen LogP contribution is -2.44. The van der Waals surface area contributed by atoms with Crippen molar-refractivity contribution in [2.75, 3.05) is 13.3 Å². The van der Waals surface area contributed by atoms with Crippen LogP contribution in [-0.2, 0) is 11.3 Å². The Morgan fingerprint density at radius 3 is 2.88 bits per heavy atom. The number of furan rings is 1. The standard InChI is InChI=1S/C18H15N3O5/c22-17-15-12(8-21(17)7-11-2-1-5-24-11)19-18(23)20-16(15)10-3-4-13-14(6-10)26-9-25-13/h1-6,16H,7-9H2,(H2,19,20,23). The number of carbonyl (C=O) groups excluding carboxylic acids is 2. The molecule has 2 N–H and O–H groups in total. The molecule has 1 aromatic carbocycles. The fourth-order valence-electron chi connectivity index (χ4n) is 3.49. The number of nitrogens with one attached hydrogen (secondary N) is 2. The predicted molar refractivity (Wildman–Crippen MR) is 88.1 cm³/mol. The number of carbonyl (C=O) groups is 2. The van der Waals surface area contributed by atoms with E-state index in [1.165, 1.54) is 0 Å². The lowest BCUT2D eigenvalue weighted by atomic mass is 9.96. The van der Waals surface area contributed by atoms with Gasteiger partial charge in [0.05, 0.1) is 36.7 Å². The molecule has 0 spiro atoms. The summed E-state index contributed by atoms with van der Waals surface area (Å²) in [7, 11) is 0. The van der Waals surface area contributed by atoms with Crippen LogP contribution in [0.4, 0.5) is 4.79 Å². The summed E-state index contributed by atoms with van der Waals surface area (Å²) < 4.78 is 16.1. The van der Waals surface area contributed by atoms with E-state index in [9.17, 15) is 9.59 Å². The molecule has 2 aromatic rings. The maximum Gasteiger partial charge on any atom is 0.319 e. The highest BCUT2D eigenvalue weighted by molar-refractivity contribution is 6.01. The van der Waals surface area contributed by atoms with Crippen molar-refractivity contribution in [3.63, 3.8) is 0 Å². The summed E-state index contributed by atoms with van der Waals surface area (Å²) in [5, 5.41) is 5.58. The van der Waals surface area contributed by atoms with Crippen LogP contribution in [-0.4, -0.2) is 30.2 Å². The third-order valence-electron chi connectivity index (χ3n) is 4.68. The normalized spacial score (nSPS) is 20.9. The van der Waals surface area contributed by atoms with E-state index in [2.05, 4.69) is 10.6 Å². The van der Waals surface area contributed by atoms with Gasteiger partial charge in [-0.1, -0.05) is 6.07 Å². The molecular weight excluding hydrogens is 338 g/mol. The highest BCUT2D eigenvalue weighted by atomic mass is 16.7. The molecule has 0 bridgehead atoms. The van der Waals surface area contributed by atoms with E-state index >= 15 is 0 Å². The van der Waals surface area contributed by atoms with Gasteiger partial charge >= 0.3 is 6.03 Å². The van der Waals surface area contributed by atoms with Crippen LogP contribution in [0.2, 0.25) is 0 Å². The van der Waals surface area contributed by atoms with Gasteiger partial charge in [0.1, 0.15) is 5.76 Å². The van der Waals surface area contributed by atoms with Crippen molar-refractivity contribution in [2.45, 2.75) is 12.6 Å². The minimum Gasteiger partial charge on any atom is -0.467 e. The Kier molecular flexibility index (Phi) is 3.18. The minimum absolute atomic E-state index is 0.133. The smallest absolute Gasteiger partial charge is 0.319 e. The monoisotopic (exact) mass is 353 g/mol. The Hall–Kier alpha value is -3.42. The zero-order chi connectivity index (χ0) is 17.7. The second kappa shape index (κ2) is 5.55. The van der Waals surface area contributed by atoms with E-state index in [0.717, 1.165) is 5.56 Å². The summed E-state index contributed by atoms with van der Waals surface area (Å²) in [5.41, 5.74) is 1.92. The molecule has 132 valence electrons. The summed E-state index contributed by atoms with van der Waals surface area (Å²) in [6, 6.07) is 8.13. The van der Waals surface area contributed by atoms with Crippen LogP contribution in [0.1, 0.15) is 17.4 Å². The molecule has 8 nitrogen and oxygen atoms in total. The van der Waals surface area contributed by atoms with Gasteiger partial charge in [0.25, 0.3) is 5.91 Å². The number of urea groups is 1. The number of ether oxygens (including phenoxy) is 2. The molecule has 8 heteroatoms. The van der Waals surface area contributed by atoms with Crippen LogP contribution >= 0.6 is 0 Å². The van der Waals surface area contributed by atoms with Crippen molar-refractivity contribution < 1.29 is 23.5 Å². The van der Waals surface area contributed by atoms with Gasteiger partial charge in [0, 0.05) is 0 Å². The van der Waals surface area contributed by atoms with Crippen molar-refractivity contribution >= 4 is 11.9 Å². The quantitative estimate of drug-likeness (QED) is 0.875. The number of rotatable bonds is 3. The van der Waals surface area contributed by atoms with Gasteiger partial charge in [-0.15, -0.1) is 0 Å². The highest BCUT2D eigenvalue weighted by Crippen LogP contribution is 2.38. The number of hydrogen-bond donors (Lipinski definition) is 2. The van der Waals surface area contributed by atoms with Gasteiger partial charge in [0.15, 0.2) is 11.5 Å². The van der Waals surface area contributed by atoms with Gasteiger partial charge in [-0.05, 0) is 29.8 Å². The van der Waals surface area contributed by atoms with E-state index in [1.807, 2.05) is 12.1 Å². The molecular formula is C18H15N3O5. The zero-order valence-corrected chi connectivity index (χ0v) is 13.7. The Bertz CT molecular complexity index is 934. The molecule has 0 radical (unpaired) electrons. The number of amides is 3. The fraction of sp³-hybridized carbons (Fsp3) is 0.222. The molecule has 26 heavy (non-hydrogen) atoms. The second-order valence-electron chi connectivity index (χ2n) is 6.28. The SMILES string of the molecule is O=C1NC2=C(C(=O)N(Cc3ccco3)C2)C(c2ccc3c(c2)OCO3)N1. The molecule has 1 unspecified atom stereocenters. The first-order chi connectivity index (χ1) is 12.7. The Morgan fingerprint density at radius 1 is 1.15 bits per heavy atom. The third-order valence-corrected chi connectivity index (χ3v) is 4.68. The summed E-state index contributed by atoms with van der Waals surface area (Å²) in [6.45, 7) is 0.854. The summed E-state index contributed by atoms with van der Waals surface area (Å²) in [6.07, 6.45) is 1.57. The van der Waals surface area contributed by atoms with Crippen LogP contribution in [0, 0.1) is 0 Å². The van der Waals surface area contributed by atoms with E-state index < -0.39 is 6.04 Å². The van der Waals surface area contributed by atoms with Crippen LogP contribution in [0.25, 0.3) is 0 Å². The molecule has 3 aliphatic heterocycles. The Labute approximate surface area is 148 Å². The van der Waals surface area contributed by atoms with Crippen molar-refractivity contribution in [2.24, 2.45) is 0 Å². The van der Waals surface area contributed by atoms with Gasteiger partial charge < -0.3 is 29.4 Å². The van der Waals surface area contributed by atoms with Crippen molar-refractivity contribution in [1.82, 2.24) is 15.5 Å². The molecule has 4 heterocycles. The maximum absolute atomic E-state index is 13.0. The Balaban J connectivity index is 1.47. The predicted octanol–water partition coefficient (Wildman–Crippen LogP) is 1.66. The minimum atomic E-state index is -0.539. The fourth-order valence-corrected chi connectivity index (χ4v) is 3.49. The number of hydrogen-bond acceptors (Lipinski definition) is 5. The first-order valence-electron chi connectivity index (χ1n) is 8.21. The van der Waals surface area contributed by atoms with Crippen LogP contribution in [0.15, 0.2) is 52.3 Å². The number of fused-ring (bicyclic) bond motifs is 1. The van der Waals surface area contributed by atoms with Gasteiger partial charge in [-0.2, -0.15) is 0 Å². The van der Waals surface area contributed by atoms with Crippen LogP contribution in [0.3, 0.4) is 0 Å². The van der Waals surface area contributed by atoms with Crippen LogP contribution in [0.5, 0.6) is 11.5 Å². The molecule has 0 saturated heterocycles. The molecule has 3 aliphatic rings. The largest absolute Gasteiger partial charge is 0.467 e. The summed E-state index contributed by atoms with van der Waals surface area (Å²) in [4.78, 5) is 26.7. The molecule has 3 amide bonds. The van der Waals surface area contributed by atoms with Crippen molar-refractivity contribution in [3.8, 4) is 11.5 Å². The summed E-state index contributed by atoms with van der Waals surface area (Å²) >= 11 is 0. The van der Waals surface area contributed by atoms with Crippen molar-refractivity contribution in [3.05, 3.63) is 59.2 Å². The first-order valence-corrected chi connectivity index (χ1v) is 8.21. The maximum atomic E-state index is 13.0. The zero-order valence-electron chi connectivity index (χ0n) is 13.7. The van der Waals surface area contributed by atoms with Gasteiger partial charge in [-0.3, -0.25) is 4.79 Å². The lowest BCUT2D eigenvalue weighted by Gasteiger charge is -2.25. The molecule has 0 saturated carbocycles. The molecule has 0 fully saturated rings. The Morgan fingerprint density at radius 2 is 2.04 bits per heavy atom. The number of nitrogens with zero attached hydrogens (tertiary/aromatic N) is 1. The van der Waals surface area contributed by atoms with Gasteiger partial charge in [0.2, 0.25) is 6.79 Å². The molecule has 0 aliphatic carbocycles. The van der Waals surface area contributed by atoms with E-state index in [0.29, 0.717) is 41.6 Å². The molecule has 5 rings (SSSR count). The van der Waals surface area contributed by atoms with Crippen molar-refractivity contribution in [1.29, 1.82) is 0 Å². The first kappa shape index (κ1) is 14.9. The molecule has 1 aromatic heterocycles. The average Bonchev–Trinajstić information content (AvgIpc) is 3.35. The van der Waals surface area contributed by atoms with E-state index in [-0.39, 0.29) is 18.7 Å². The van der Waals surface area contributed by atoms with E-state index in [1.54, 1.807) is 29.4 Å². The number of benzene rings is 1. The molecule has 1 atom stereocenters.